The number of para-hydroxylation sites is 1. The Morgan fingerprint density at radius 2 is 0.902 bits per heavy atom. The second-order valence-electron chi connectivity index (χ2n) is 12.8. The van der Waals surface area contributed by atoms with Crippen LogP contribution in [0.2, 0.25) is 0 Å². The lowest BCUT2D eigenvalue weighted by Gasteiger charge is -2.14. The second kappa shape index (κ2) is 11.9. The Bertz CT molecular complexity index is 2830. The summed E-state index contributed by atoms with van der Waals surface area (Å²) in [5, 5.41) is 6.59. The smallest absolute Gasteiger partial charge is 0.165 e. The molecule has 51 heavy (non-hydrogen) atoms. The minimum atomic E-state index is 0.591. The molecular weight excluding hydrogens is 623 g/mol. The molecular formula is C47H29N3O. The maximum absolute atomic E-state index is 6.45. The second-order valence-corrected chi connectivity index (χ2v) is 12.8. The molecule has 0 aliphatic rings. The molecule has 0 bridgehead atoms. The highest BCUT2D eigenvalue weighted by Crippen LogP contribution is 2.43. The van der Waals surface area contributed by atoms with Gasteiger partial charge < -0.3 is 4.42 Å². The summed E-state index contributed by atoms with van der Waals surface area (Å²) in [5.41, 5.74) is 8.76. The summed E-state index contributed by atoms with van der Waals surface area (Å²) >= 11 is 0. The molecule has 0 unspecified atom stereocenters. The van der Waals surface area contributed by atoms with Gasteiger partial charge in [0, 0.05) is 27.5 Å². The van der Waals surface area contributed by atoms with Crippen molar-refractivity contribution in [2.45, 2.75) is 0 Å². The van der Waals surface area contributed by atoms with Gasteiger partial charge in [0.05, 0.1) is 0 Å². The molecule has 0 aliphatic carbocycles. The van der Waals surface area contributed by atoms with Crippen LogP contribution in [0.1, 0.15) is 0 Å². The van der Waals surface area contributed by atoms with E-state index in [1.54, 1.807) is 0 Å². The average Bonchev–Trinajstić information content (AvgIpc) is 3.59. The zero-order chi connectivity index (χ0) is 33.7. The maximum atomic E-state index is 6.45. The van der Waals surface area contributed by atoms with Crippen LogP contribution < -0.4 is 0 Å². The number of nitrogens with zero attached hydrogens (tertiary/aromatic N) is 3. The van der Waals surface area contributed by atoms with Crippen molar-refractivity contribution in [1.82, 2.24) is 15.0 Å². The fourth-order valence-corrected chi connectivity index (χ4v) is 7.19. The van der Waals surface area contributed by atoms with Crippen molar-refractivity contribution < 1.29 is 4.42 Å². The Labute approximate surface area is 294 Å². The standard InChI is InChI=1S/C47H29N3O/c1-2-11-30(12-3-1)35-17-10-18-36(27-35)39-25-26-42-43(40-19-8-9-20-41(40)51-42)44(39)47-49-45(37-23-21-31-13-4-6-15-33(31)28-37)48-46(50-47)38-24-22-32-14-5-7-16-34(32)29-38/h1-29H. The van der Waals surface area contributed by atoms with Gasteiger partial charge in [0.25, 0.3) is 0 Å². The molecule has 0 radical (unpaired) electrons. The predicted octanol–water partition coefficient (Wildman–Crippen LogP) is 12.4. The van der Waals surface area contributed by atoms with Crippen molar-refractivity contribution in [3.8, 4) is 56.4 Å². The summed E-state index contributed by atoms with van der Waals surface area (Å²) in [6, 6.07) is 61.1. The lowest BCUT2D eigenvalue weighted by molar-refractivity contribution is 0.669. The number of furan rings is 1. The van der Waals surface area contributed by atoms with Crippen LogP contribution in [0.15, 0.2) is 180 Å². The van der Waals surface area contributed by atoms with E-state index in [0.717, 1.165) is 71.7 Å². The monoisotopic (exact) mass is 651 g/mol. The molecule has 0 aliphatic heterocycles. The molecule has 0 spiro atoms. The molecule has 0 atom stereocenters. The third-order valence-corrected chi connectivity index (χ3v) is 9.70. The van der Waals surface area contributed by atoms with Gasteiger partial charge in [-0.25, -0.2) is 15.0 Å². The first kappa shape index (κ1) is 29.0. The third kappa shape index (κ3) is 5.13. The van der Waals surface area contributed by atoms with Crippen molar-refractivity contribution in [1.29, 1.82) is 0 Å². The van der Waals surface area contributed by atoms with Crippen LogP contribution in [-0.4, -0.2) is 15.0 Å². The molecule has 4 heteroatoms. The lowest BCUT2D eigenvalue weighted by atomic mass is 9.92. The van der Waals surface area contributed by atoms with E-state index in [0.29, 0.717) is 17.5 Å². The Hall–Kier alpha value is -6.91. The molecule has 4 nitrogen and oxygen atoms in total. The van der Waals surface area contributed by atoms with E-state index in [1.165, 1.54) is 10.8 Å². The van der Waals surface area contributed by atoms with Gasteiger partial charge in [-0.3, -0.25) is 0 Å². The molecule has 0 amide bonds. The normalized spacial score (nSPS) is 11.5. The molecule has 10 rings (SSSR count). The number of hydrogen-bond donors (Lipinski definition) is 0. The van der Waals surface area contributed by atoms with Gasteiger partial charge in [0.15, 0.2) is 17.5 Å². The molecule has 0 N–H and O–H groups in total. The molecule has 0 saturated heterocycles. The van der Waals surface area contributed by atoms with E-state index in [2.05, 4.69) is 158 Å². The van der Waals surface area contributed by atoms with Gasteiger partial charge in [0.1, 0.15) is 11.2 Å². The Kier molecular flexibility index (Phi) is 6.78. The molecule has 238 valence electrons. The average molecular weight is 652 g/mol. The first-order chi connectivity index (χ1) is 25.2. The SMILES string of the molecule is c1ccc(-c2cccc(-c3ccc4oc5ccccc5c4c3-c3nc(-c4ccc5ccccc5c4)nc(-c4ccc5ccccc5c4)n3)c2)cc1. The number of aromatic nitrogens is 3. The predicted molar refractivity (Wildman–Crippen MR) is 209 cm³/mol. The van der Waals surface area contributed by atoms with Gasteiger partial charge in [-0.05, 0) is 80.2 Å². The van der Waals surface area contributed by atoms with Gasteiger partial charge >= 0.3 is 0 Å². The first-order valence-corrected chi connectivity index (χ1v) is 17.1. The summed E-state index contributed by atoms with van der Waals surface area (Å²) in [7, 11) is 0. The van der Waals surface area contributed by atoms with Crippen molar-refractivity contribution in [3.05, 3.63) is 176 Å². The summed E-state index contributed by atoms with van der Waals surface area (Å²) in [6.45, 7) is 0. The van der Waals surface area contributed by atoms with E-state index in [1.807, 2.05) is 18.2 Å². The fraction of sp³-hybridized carbons (Fsp3) is 0. The van der Waals surface area contributed by atoms with Crippen molar-refractivity contribution in [2.75, 3.05) is 0 Å². The van der Waals surface area contributed by atoms with Crippen LogP contribution >= 0.6 is 0 Å². The van der Waals surface area contributed by atoms with Gasteiger partial charge in [-0.15, -0.1) is 0 Å². The number of hydrogen-bond acceptors (Lipinski definition) is 4. The topological polar surface area (TPSA) is 51.8 Å². The van der Waals surface area contributed by atoms with Crippen LogP contribution in [0.3, 0.4) is 0 Å². The molecule has 0 saturated carbocycles. The van der Waals surface area contributed by atoms with E-state index in [4.69, 9.17) is 19.4 Å². The van der Waals surface area contributed by atoms with Gasteiger partial charge in [-0.2, -0.15) is 0 Å². The Morgan fingerprint density at radius 1 is 0.333 bits per heavy atom. The quantitative estimate of drug-likeness (QED) is 0.186. The molecule has 0 fully saturated rings. The molecule has 2 heterocycles. The highest BCUT2D eigenvalue weighted by atomic mass is 16.3. The van der Waals surface area contributed by atoms with Gasteiger partial charge in [0.2, 0.25) is 0 Å². The number of benzene rings is 8. The molecule has 2 aromatic heterocycles. The van der Waals surface area contributed by atoms with Crippen LogP contribution in [0.4, 0.5) is 0 Å². The van der Waals surface area contributed by atoms with E-state index >= 15 is 0 Å². The minimum Gasteiger partial charge on any atom is -0.456 e. The van der Waals surface area contributed by atoms with Crippen LogP contribution in [-0.2, 0) is 0 Å². The zero-order valence-electron chi connectivity index (χ0n) is 27.5. The Morgan fingerprint density at radius 3 is 1.61 bits per heavy atom. The molecule has 8 aromatic carbocycles. The van der Waals surface area contributed by atoms with Crippen molar-refractivity contribution in [3.63, 3.8) is 0 Å². The number of fused-ring (bicyclic) bond motifs is 5. The fourth-order valence-electron chi connectivity index (χ4n) is 7.19. The van der Waals surface area contributed by atoms with Crippen LogP contribution in [0.5, 0.6) is 0 Å². The third-order valence-electron chi connectivity index (χ3n) is 9.70. The summed E-state index contributed by atoms with van der Waals surface area (Å²) in [5.74, 6) is 1.82. The summed E-state index contributed by atoms with van der Waals surface area (Å²) in [6.07, 6.45) is 0. The van der Waals surface area contributed by atoms with Crippen LogP contribution in [0.25, 0.3) is 99.9 Å². The lowest BCUT2D eigenvalue weighted by Crippen LogP contribution is -2.01. The first-order valence-electron chi connectivity index (χ1n) is 17.1. The minimum absolute atomic E-state index is 0.591. The van der Waals surface area contributed by atoms with Gasteiger partial charge in [-0.1, -0.05) is 140 Å². The van der Waals surface area contributed by atoms with Crippen LogP contribution in [0, 0.1) is 0 Å². The van der Waals surface area contributed by atoms with E-state index in [-0.39, 0.29) is 0 Å². The highest BCUT2D eigenvalue weighted by Gasteiger charge is 2.22. The number of rotatable bonds is 5. The zero-order valence-corrected chi connectivity index (χ0v) is 27.5. The largest absolute Gasteiger partial charge is 0.456 e. The summed E-state index contributed by atoms with van der Waals surface area (Å²) < 4.78 is 6.45. The van der Waals surface area contributed by atoms with E-state index in [9.17, 15) is 0 Å². The summed E-state index contributed by atoms with van der Waals surface area (Å²) in [4.78, 5) is 15.8. The molecule has 10 aromatic rings. The van der Waals surface area contributed by atoms with E-state index < -0.39 is 0 Å². The van der Waals surface area contributed by atoms with Crippen molar-refractivity contribution >= 4 is 43.5 Å². The Balaban J connectivity index is 1.28. The maximum Gasteiger partial charge on any atom is 0.165 e. The van der Waals surface area contributed by atoms with Crippen molar-refractivity contribution in [2.24, 2.45) is 0 Å². The highest BCUT2D eigenvalue weighted by molar-refractivity contribution is 6.15.